The number of para-hydroxylation sites is 1. The van der Waals surface area contributed by atoms with Crippen LogP contribution in [0.2, 0.25) is 0 Å². The van der Waals surface area contributed by atoms with Gasteiger partial charge in [0.1, 0.15) is 17.0 Å². The van der Waals surface area contributed by atoms with Crippen LogP contribution in [-0.4, -0.2) is 18.2 Å². The van der Waals surface area contributed by atoms with E-state index in [4.69, 9.17) is 9.47 Å². The standard InChI is InChI=1S/C22H19NO2/c1-2-11-19-17(7-1)8-3-12-20(19)24-15-6-16-25-21-13-4-9-18-10-5-14-23-22(18)21/h1-5,7-14H,6,15-16H2. The summed E-state index contributed by atoms with van der Waals surface area (Å²) in [5, 5.41) is 3.43. The summed E-state index contributed by atoms with van der Waals surface area (Å²) < 4.78 is 11.9. The molecule has 3 aromatic carbocycles. The van der Waals surface area contributed by atoms with Crippen molar-refractivity contribution >= 4 is 21.7 Å². The predicted molar refractivity (Wildman–Crippen MR) is 101 cm³/mol. The van der Waals surface area contributed by atoms with Gasteiger partial charge in [0.05, 0.1) is 13.2 Å². The minimum Gasteiger partial charge on any atom is -0.493 e. The van der Waals surface area contributed by atoms with Crippen LogP contribution in [0.5, 0.6) is 11.5 Å². The summed E-state index contributed by atoms with van der Waals surface area (Å²) in [6, 6.07) is 24.4. The van der Waals surface area contributed by atoms with Crippen LogP contribution in [0.25, 0.3) is 21.7 Å². The van der Waals surface area contributed by atoms with Gasteiger partial charge in [0.2, 0.25) is 0 Å². The Balaban J connectivity index is 1.35. The van der Waals surface area contributed by atoms with Gasteiger partial charge in [-0.15, -0.1) is 0 Å². The topological polar surface area (TPSA) is 31.4 Å². The Bertz CT molecular complexity index is 905. The highest BCUT2D eigenvalue weighted by Crippen LogP contribution is 2.25. The van der Waals surface area contributed by atoms with Gasteiger partial charge in [0.25, 0.3) is 0 Å². The van der Waals surface area contributed by atoms with Crippen molar-refractivity contribution < 1.29 is 9.47 Å². The largest absolute Gasteiger partial charge is 0.493 e. The van der Waals surface area contributed by atoms with Crippen LogP contribution in [0.15, 0.2) is 79.0 Å². The van der Waals surface area contributed by atoms with Crippen LogP contribution in [-0.2, 0) is 0 Å². The Morgan fingerprint density at radius 1 is 0.640 bits per heavy atom. The highest BCUT2D eigenvalue weighted by molar-refractivity contribution is 5.88. The third-order valence-corrected chi connectivity index (χ3v) is 4.15. The summed E-state index contributed by atoms with van der Waals surface area (Å²) in [6.07, 6.45) is 2.60. The van der Waals surface area contributed by atoms with Crippen molar-refractivity contribution in [1.29, 1.82) is 0 Å². The zero-order chi connectivity index (χ0) is 16.9. The van der Waals surface area contributed by atoms with Crippen LogP contribution in [0.4, 0.5) is 0 Å². The molecule has 3 nitrogen and oxygen atoms in total. The van der Waals surface area contributed by atoms with E-state index in [0.717, 1.165) is 34.2 Å². The Morgan fingerprint density at radius 2 is 1.32 bits per heavy atom. The number of nitrogens with zero attached hydrogens (tertiary/aromatic N) is 1. The molecule has 0 unspecified atom stereocenters. The number of fused-ring (bicyclic) bond motifs is 2. The lowest BCUT2D eigenvalue weighted by atomic mass is 10.1. The molecule has 0 radical (unpaired) electrons. The first-order valence-corrected chi connectivity index (χ1v) is 8.49. The van der Waals surface area contributed by atoms with E-state index in [2.05, 4.69) is 23.2 Å². The number of rotatable bonds is 6. The van der Waals surface area contributed by atoms with Crippen molar-refractivity contribution in [3.05, 3.63) is 79.0 Å². The molecular formula is C22H19NO2. The van der Waals surface area contributed by atoms with Crippen molar-refractivity contribution in [2.24, 2.45) is 0 Å². The summed E-state index contributed by atoms with van der Waals surface area (Å²) in [4.78, 5) is 4.41. The molecule has 0 fully saturated rings. The van der Waals surface area contributed by atoms with Crippen LogP contribution in [0, 0.1) is 0 Å². The lowest BCUT2D eigenvalue weighted by Crippen LogP contribution is -2.05. The van der Waals surface area contributed by atoms with E-state index in [9.17, 15) is 0 Å². The molecule has 4 aromatic rings. The molecule has 0 aliphatic rings. The molecule has 0 bridgehead atoms. The Hall–Kier alpha value is -3.07. The van der Waals surface area contributed by atoms with Crippen molar-refractivity contribution in [3.8, 4) is 11.5 Å². The summed E-state index contributed by atoms with van der Waals surface area (Å²) in [5.74, 6) is 1.74. The molecule has 0 N–H and O–H groups in total. The van der Waals surface area contributed by atoms with Crippen LogP contribution < -0.4 is 9.47 Å². The molecule has 0 saturated heterocycles. The third-order valence-electron chi connectivity index (χ3n) is 4.15. The molecule has 0 aliphatic heterocycles. The van der Waals surface area contributed by atoms with Crippen molar-refractivity contribution in [3.63, 3.8) is 0 Å². The minimum absolute atomic E-state index is 0.598. The summed E-state index contributed by atoms with van der Waals surface area (Å²) in [6.45, 7) is 1.21. The van der Waals surface area contributed by atoms with Gasteiger partial charge in [0.15, 0.2) is 0 Å². The van der Waals surface area contributed by atoms with Crippen LogP contribution in [0.3, 0.4) is 0 Å². The van der Waals surface area contributed by atoms with Gasteiger partial charge in [-0.1, -0.05) is 54.6 Å². The lowest BCUT2D eigenvalue weighted by Gasteiger charge is -2.11. The number of benzene rings is 3. The fourth-order valence-electron chi connectivity index (χ4n) is 2.94. The van der Waals surface area contributed by atoms with E-state index >= 15 is 0 Å². The maximum atomic E-state index is 5.95. The molecule has 3 heteroatoms. The van der Waals surface area contributed by atoms with Gasteiger partial charge in [0, 0.05) is 23.4 Å². The molecule has 1 heterocycles. The van der Waals surface area contributed by atoms with E-state index in [1.807, 2.05) is 54.6 Å². The average Bonchev–Trinajstić information content (AvgIpc) is 2.68. The highest BCUT2D eigenvalue weighted by Gasteiger charge is 2.03. The normalized spacial score (nSPS) is 10.9. The van der Waals surface area contributed by atoms with Crippen LogP contribution in [0.1, 0.15) is 6.42 Å². The first-order valence-electron chi connectivity index (χ1n) is 8.49. The van der Waals surface area contributed by atoms with Crippen LogP contribution >= 0.6 is 0 Å². The maximum absolute atomic E-state index is 5.95. The third kappa shape index (κ3) is 3.41. The molecule has 0 spiro atoms. The molecule has 4 rings (SSSR count). The molecule has 0 aliphatic carbocycles. The minimum atomic E-state index is 0.598. The fourth-order valence-corrected chi connectivity index (χ4v) is 2.94. The molecule has 124 valence electrons. The van der Waals surface area contributed by atoms with Gasteiger partial charge in [-0.25, -0.2) is 0 Å². The van der Waals surface area contributed by atoms with Gasteiger partial charge in [-0.05, 0) is 23.6 Å². The predicted octanol–water partition coefficient (Wildman–Crippen LogP) is 5.24. The van der Waals surface area contributed by atoms with Crippen molar-refractivity contribution in [2.75, 3.05) is 13.2 Å². The molecule has 1 aromatic heterocycles. The van der Waals surface area contributed by atoms with E-state index in [1.165, 1.54) is 5.39 Å². The smallest absolute Gasteiger partial charge is 0.145 e. The second-order valence-corrected chi connectivity index (χ2v) is 5.86. The maximum Gasteiger partial charge on any atom is 0.145 e. The number of hydrogen-bond acceptors (Lipinski definition) is 3. The van der Waals surface area contributed by atoms with Gasteiger partial charge in [-0.3, -0.25) is 4.98 Å². The summed E-state index contributed by atoms with van der Waals surface area (Å²) in [5.41, 5.74) is 0.903. The monoisotopic (exact) mass is 329 g/mol. The average molecular weight is 329 g/mol. The van der Waals surface area contributed by atoms with E-state index in [-0.39, 0.29) is 0 Å². The molecule has 25 heavy (non-hydrogen) atoms. The van der Waals surface area contributed by atoms with Gasteiger partial charge >= 0.3 is 0 Å². The zero-order valence-corrected chi connectivity index (χ0v) is 13.9. The van der Waals surface area contributed by atoms with E-state index in [0.29, 0.717) is 13.2 Å². The van der Waals surface area contributed by atoms with E-state index in [1.54, 1.807) is 6.20 Å². The summed E-state index contributed by atoms with van der Waals surface area (Å²) >= 11 is 0. The Labute approximate surface area is 146 Å². The summed E-state index contributed by atoms with van der Waals surface area (Å²) in [7, 11) is 0. The Kier molecular flexibility index (Phi) is 4.46. The second kappa shape index (κ2) is 7.22. The van der Waals surface area contributed by atoms with Crippen molar-refractivity contribution in [1.82, 2.24) is 4.98 Å². The SMILES string of the molecule is c1ccc2c(OCCCOc3cccc4cccnc34)cccc2c1. The number of aromatic nitrogens is 1. The highest BCUT2D eigenvalue weighted by atomic mass is 16.5. The second-order valence-electron chi connectivity index (χ2n) is 5.86. The number of ether oxygens (including phenoxy) is 2. The molecule has 0 atom stereocenters. The van der Waals surface area contributed by atoms with Gasteiger partial charge in [-0.2, -0.15) is 0 Å². The number of pyridine rings is 1. The first kappa shape index (κ1) is 15.5. The van der Waals surface area contributed by atoms with E-state index < -0.39 is 0 Å². The molecule has 0 amide bonds. The fraction of sp³-hybridized carbons (Fsp3) is 0.136. The number of hydrogen-bond donors (Lipinski definition) is 0. The van der Waals surface area contributed by atoms with Gasteiger partial charge < -0.3 is 9.47 Å². The zero-order valence-electron chi connectivity index (χ0n) is 13.9. The molecular weight excluding hydrogens is 310 g/mol. The Morgan fingerprint density at radius 3 is 2.24 bits per heavy atom. The lowest BCUT2D eigenvalue weighted by molar-refractivity contribution is 0.250. The molecule has 0 saturated carbocycles. The van der Waals surface area contributed by atoms with Crippen molar-refractivity contribution in [2.45, 2.75) is 6.42 Å². The quantitative estimate of drug-likeness (QED) is 0.454. The first-order chi connectivity index (χ1) is 12.4.